The van der Waals surface area contributed by atoms with Gasteiger partial charge in [0.15, 0.2) is 0 Å². The third kappa shape index (κ3) is 2.62. The van der Waals surface area contributed by atoms with Crippen molar-refractivity contribution in [1.82, 2.24) is 9.97 Å². The highest BCUT2D eigenvalue weighted by atomic mass is 17.2. The Morgan fingerprint density at radius 1 is 1.06 bits per heavy atom. The summed E-state index contributed by atoms with van der Waals surface area (Å²) in [4.78, 5) is 17.9. The Balaban J connectivity index is 2.13. The largest absolute Gasteiger partial charge is 0.255 e. The van der Waals surface area contributed by atoms with Gasteiger partial charge in [-0.2, -0.15) is 0 Å². The van der Waals surface area contributed by atoms with Crippen molar-refractivity contribution < 1.29 is 9.78 Å². The molecule has 0 aliphatic carbocycles. The zero-order valence-electron chi connectivity index (χ0n) is 8.96. The van der Waals surface area contributed by atoms with Crippen molar-refractivity contribution in [3.63, 3.8) is 0 Å². The first-order valence-corrected chi connectivity index (χ1v) is 4.92. The molecule has 0 radical (unpaired) electrons. The van der Waals surface area contributed by atoms with Crippen molar-refractivity contribution in [2.45, 2.75) is 6.61 Å². The molecule has 2 heterocycles. The van der Waals surface area contributed by atoms with Crippen LogP contribution < -0.4 is 0 Å². The van der Waals surface area contributed by atoms with E-state index in [0.29, 0.717) is 6.61 Å². The molecular weight excluding hydrogens is 204 g/mol. The van der Waals surface area contributed by atoms with Crippen LogP contribution in [-0.4, -0.2) is 17.1 Å². The van der Waals surface area contributed by atoms with Gasteiger partial charge >= 0.3 is 0 Å². The smallest absolute Gasteiger partial charge is 0.109 e. The van der Waals surface area contributed by atoms with Crippen LogP contribution in [0.2, 0.25) is 0 Å². The minimum atomic E-state index is 0.395. The third-order valence-electron chi connectivity index (χ3n) is 2.10. The van der Waals surface area contributed by atoms with Crippen LogP contribution in [0, 0.1) is 0 Å². The normalized spacial score (nSPS) is 10.3. The Kier molecular flexibility index (Phi) is 3.58. The van der Waals surface area contributed by atoms with Crippen molar-refractivity contribution in [3.05, 3.63) is 48.3 Å². The first-order chi connectivity index (χ1) is 7.90. The fourth-order valence-electron chi connectivity index (χ4n) is 1.30. The molecule has 0 spiro atoms. The van der Waals surface area contributed by atoms with E-state index in [9.17, 15) is 0 Å². The maximum atomic E-state index is 4.81. The Morgan fingerprint density at radius 3 is 2.56 bits per heavy atom. The number of hydrogen-bond donors (Lipinski definition) is 0. The molecule has 16 heavy (non-hydrogen) atoms. The molecule has 0 unspecified atom stereocenters. The molecule has 0 atom stereocenters. The lowest BCUT2D eigenvalue weighted by molar-refractivity contribution is -0.282. The van der Waals surface area contributed by atoms with Gasteiger partial charge in [-0.1, -0.05) is 12.1 Å². The molecule has 2 aromatic rings. The number of hydrogen-bond acceptors (Lipinski definition) is 4. The lowest BCUT2D eigenvalue weighted by Gasteiger charge is -2.02. The Labute approximate surface area is 93.8 Å². The Morgan fingerprint density at radius 2 is 1.94 bits per heavy atom. The molecule has 2 rings (SSSR count). The van der Waals surface area contributed by atoms with Gasteiger partial charge in [-0.05, 0) is 23.8 Å². The molecule has 0 fully saturated rings. The Hall–Kier alpha value is -1.78. The molecule has 0 aliphatic rings. The van der Waals surface area contributed by atoms with Gasteiger partial charge in [-0.3, -0.25) is 9.97 Å². The molecule has 0 saturated carbocycles. The fraction of sp³-hybridized carbons (Fsp3) is 0.167. The summed E-state index contributed by atoms with van der Waals surface area (Å²) in [6, 6.07) is 9.59. The highest BCUT2D eigenvalue weighted by Gasteiger charge is 2.00. The van der Waals surface area contributed by atoms with Gasteiger partial charge in [0.05, 0.1) is 18.5 Å². The van der Waals surface area contributed by atoms with Gasteiger partial charge in [0, 0.05) is 12.4 Å². The molecule has 0 bridgehead atoms. The molecule has 82 valence electrons. The lowest BCUT2D eigenvalue weighted by Crippen LogP contribution is -1.93. The summed E-state index contributed by atoms with van der Waals surface area (Å²) < 4.78 is 0. The van der Waals surface area contributed by atoms with Crippen LogP contribution in [0.1, 0.15) is 5.56 Å². The monoisotopic (exact) mass is 216 g/mol. The van der Waals surface area contributed by atoms with Crippen LogP contribution in [0.25, 0.3) is 11.4 Å². The van der Waals surface area contributed by atoms with E-state index in [1.54, 1.807) is 12.4 Å². The minimum Gasteiger partial charge on any atom is -0.255 e. The van der Waals surface area contributed by atoms with Gasteiger partial charge < -0.3 is 0 Å². The second-order valence-electron chi connectivity index (χ2n) is 3.20. The summed E-state index contributed by atoms with van der Waals surface area (Å²) in [5.74, 6) is 0. The SMILES string of the molecule is COOCc1ccc(-c2ccccn2)nc1. The van der Waals surface area contributed by atoms with Gasteiger partial charge in [0.1, 0.15) is 6.61 Å². The third-order valence-corrected chi connectivity index (χ3v) is 2.10. The average Bonchev–Trinajstić information content (AvgIpc) is 2.38. The maximum absolute atomic E-state index is 4.81. The number of pyridine rings is 2. The fourth-order valence-corrected chi connectivity index (χ4v) is 1.30. The highest BCUT2D eigenvalue weighted by Crippen LogP contribution is 2.13. The van der Waals surface area contributed by atoms with Crippen LogP contribution in [0.3, 0.4) is 0 Å². The van der Waals surface area contributed by atoms with Crippen molar-refractivity contribution >= 4 is 0 Å². The molecule has 0 aliphatic heterocycles. The zero-order valence-corrected chi connectivity index (χ0v) is 8.96. The van der Waals surface area contributed by atoms with Crippen molar-refractivity contribution in [3.8, 4) is 11.4 Å². The predicted molar refractivity (Wildman–Crippen MR) is 59.3 cm³/mol. The topological polar surface area (TPSA) is 44.2 Å². The van der Waals surface area contributed by atoms with E-state index in [0.717, 1.165) is 17.0 Å². The van der Waals surface area contributed by atoms with Gasteiger partial charge in [-0.15, -0.1) is 0 Å². The first kappa shape index (κ1) is 10.7. The highest BCUT2D eigenvalue weighted by molar-refractivity contribution is 5.53. The van der Waals surface area contributed by atoms with E-state index in [-0.39, 0.29) is 0 Å². The summed E-state index contributed by atoms with van der Waals surface area (Å²) in [6.45, 7) is 0.395. The van der Waals surface area contributed by atoms with Gasteiger partial charge in [-0.25, -0.2) is 9.78 Å². The van der Waals surface area contributed by atoms with Crippen LogP contribution in [0.5, 0.6) is 0 Å². The summed E-state index contributed by atoms with van der Waals surface area (Å²) in [6.07, 6.45) is 3.50. The number of aromatic nitrogens is 2. The van der Waals surface area contributed by atoms with Crippen molar-refractivity contribution in [1.29, 1.82) is 0 Å². The molecule has 0 aromatic carbocycles. The minimum absolute atomic E-state index is 0.395. The van der Waals surface area contributed by atoms with E-state index < -0.39 is 0 Å². The van der Waals surface area contributed by atoms with E-state index >= 15 is 0 Å². The van der Waals surface area contributed by atoms with Gasteiger partial charge in [0.2, 0.25) is 0 Å². The summed E-state index contributed by atoms with van der Waals surface area (Å²) in [7, 11) is 1.48. The second-order valence-corrected chi connectivity index (χ2v) is 3.20. The molecule has 2 aromatic heterocycles. The molecule has 0 N–H and O–H groups in total. The van der Waals surface area contributed by atoms with Crippen molar-refractivity contribution in [2.75, 3.05) is 7.11 Å². The first-order valence-electron chi connectivity index (χ1n) is 4.92. The molecule has 4 heteroatoms. The lowest BCUT2D eigenvalue weighted by atomic mass is 10.2. The zero-order chi connectivity index (χ0) is 11.2. The molecular formula is C12H12N2O2. The molecule has 0 saturated heterocycles. The van der Waals surface area contributed by atoms with Crippen LogP contribution >= 0.6 is 0 Å². The van der Waals surface area contributed by atoms with Crippen LogP contribution in [0.4, 0.5) is 0 Å². The molecule has 4 nitrogen and oxygen atoms in total. The number of nitrogens with zero attached hydrogens (tertiary/aromatic N) is 2. The number of rotatable bonds is 4. The van der Waals surface area contributed by atoms with Crippen LogP contribution in [-0.2, 0) is 16.4 Å². The van der Waals surface area contributed by atoms with Gasteiger partial charge in [0.25, 0.3) is 0 Å². The summed E-state index contributed by atoms with van der Waals surface area (Å²) in [5.41, 5.74) is 2.67. The van der Waals surface area contributed by atoms with E-state index in [2.05, 4.69) is 14.9 Å². The average molecular weight is 216 g/mol. The van der Waals surface area contributed by atoms with E-state index in [4.69, 9.17) is 4.89 Å². The van der Waals surface area contributed by atoms with Crippen molar-refractivity contribution in [2.24, 2.45) is 0 Å². The summed E-state index contributed by atoms with van der Waals surface area (Å²) in [5, 5.41) is 0. The Bertz CT molecular complexity index is 429. The second kappa shape index (κ2) is 5.34. The molecule has 0 amide bonds. The predicted octanol–water partition coefficient (Wildman–Crippen LogP) is 2.22. The summed E-state index contributed by atoms with van der Waals surface area (Å²) >= 11 is 0. The quantitative estimate of drug-likeness (QED) is 0.580. The standard InChI is InChI=1S/C12H12N2O2/c1-15-16-9-10-5-6-12(14-8-10)11-4-2-3-7-13-11/h2-8H,9H2,1H3. The van der Waals surface area contributed by atoms with E-state index in [1.807, 2.05) is 30.3 Å². The van der Waals surface area contributed by atoms with Crippen LogP contribution in [0.15, 0.2) is 42.7 Å². The van der Waals surface area contributed by atoms with E-state index in [1.165, 1.54) is 7.11 Å². The maximum Gasteiger partial charge on any atom is 0.109 e.